The Labute approximate surface area is 89.2 Å². The van der Waals surface area contributed by atoms with Crippen molar-refractivity contribution in [2.45, 2.75) is 12.5 Å². The number of halogens is 1. The second kappa shape index (κ2) is 4.16. The number of nitrogens with two attached hydrogens (primary N) is 1. The summed E-state index contributed by atoms with van der Waals surface area (Å²) in [6.45, 7) is -0.299. The van der Waals surface area contributed by atoms with Crippen LogP contribution >= 0.6 is 0 Å². The summed E-state index contributed by atoms with van der Waals surface area (Å²) in [5, 5.41) is 8.75. The van der Waals surface area contributed by atoms with E-state index >= 15 is 0 Å². The van der Waals surface area contributed by atoms with Crippen LogP contribution in [0.4, 0.5) is 10.2 Å². The number of nitrogen functional groups attached to an aromatic ring is 1. The van der Waals surface area contributed by atoms with Crippen molar-refractivity contribution in [2.75, 3.05) is 18.9 Å². The van der Waals surface area contributed by atoms with Gasteiger partial charge in [0, 0.05) is 0 Å². The van der Waals surface area contributed by atoms with Crippen LogP contribution < -0.4 is 11.4 Å². The lowest BCUT2D eigenvalue weighted by Gasteiger charge is -2.12. The second-order valence-electron chi connectivity index (χ2n) is 3.20. The van der Waals surface area contributed by atoms with Crippen LogP contribution in [0.2, 0.25) is 0 Å². The third-order valence-corrected chi connectivity index (χ3v) is 2.13. The SMILES string of the molecule is Nc1nc(=O)n(C2CO[C@@H](CO)O2)cc1F. The molecule has 1 aromatic rings. The summed E-state index contributed by atoms with van der Waals surface area (Å²) in [5.41, 5.74) is 4.40. The predicted octanol–water partition coefficient (Wildman–Crippen LogP) is -1.17. The first-order chi connectivity index (χ1) is 7.61. The van der Waals surface area contributed by atoms with Gasteiger partial charge in [0.1, 0.15) is 0 Å². The Hall–Kier alpha value is -1.51. The molecule has 0 amide bonds. The Bertz CT molecular complexity index is 449. The topological polar surface area (TPSA) is 99.6 Å². The van der Waals surface area contributed by atoms with Crippen molar-refractivity contribution in [3.63, 3.8) is 0 Å². The van der Waals surface area contributed by atoms with Gasteiger partial charge >= 0.3 is 5.69 Å². The van der Waals surface area contributed by atoms with E-state index in [1.165, 1.54) is 0 Å². The Morgan fingerprint density at radius 2 is 2.50 bits per heavy atom. The zero-order chi connectivity index (χ0) is 11.7. The van der Waals surface area contributed by atoms with E-state index in [2.05, 4.69) is 4.98 Å². The van der Waals surface area contributed by atoms with Crippen LogP contribution in [0.3, 0.4) is 0 Å². The number of nitrogens with zero attached hydrogens (tertiary/aromatic N) is 2. The van der Waals surface area contributed by atoms with E-state index in [1.54, 1.807) is 0 Å². The maximum atomic E-state index is 13.1. The third-order valence-electron chi connectivity index (χ3n) is 2.13. The Morgan fingerprint density at radius 1 is 1.75 bits per heavy atom. The molecule has 88 valence electrons. The van der Waals surface area contributed by atoms with Gasteiger partial charge in [0.05, 0.1) is 19.4 Å². The average molecular weight is 231 g/mol. The lowest BCUT2D eigenvalue weighted by molar-refractivity contribution is -0.0993. The number of rotatable bonds is 2. The first-order valence-corrected chi connectivity index (χ1v) is 4.54. The number of aliphatic hydroxyl groups excluding tert-OH is 1. The van der Waals surface area contributed by atoms with Gasteiger partial charge in [-0.15, -0.1) is 0 Å². The highest BCUT2D eigenvalue weighted by Gasteiger charge is 2.28. The minimum atomic E-state index is -0.810. The highest BCUT2D eigenvalue weighted by molar-refractivity contribution is 5.26. The first-order valence-electron chi connectivity index (χ1n) is 4.54. The molecule has 3 N–H and O–H groups in total. The Kier molecular flexibility index (Phi) is 2.86. The van der Waals surface area contributed by atoms with Crippen molar-refractivity contribution in [3.05, 3.63) is 22.5 Å². The summed E-state index contributed by atoms with van der Waals surface area (Å²) in [4.78, 5) is 14.7. The monoisotopic (exact) mass is 231 g/mol. The zero-order valence-corrected chi connectivity index (χ0v) is 8.17. The molecule has 16 heavy (non-hydrogen) atoms. The Balaban J connectivity index is 2.28. The zero-order valence-electron chi connectivity index (χ0n) is 8.17. The van der Waals surface area contributed by atoms with Gasteiger partial charge in [-0.3, -0.25) is 4.57 Å². The molecule has 2 heterocycles. The van der Waals surface area contributed by atoms with E-state index in [0.717, 1.165) is 10.8 Å². The maximum Gasteiger partial charge on any atom is 0.351 e. The fourth-order valence-electron chi connectivity index (χ4n) is 1.35. The molecule has 1 unspecified atom stereocenters. The maximum absolute atomic E-state index is 13.1. The number of ether oxygens (including phenoxy) is 2. The molecule has 0 spiro atoms. The van der Waals surface area contributed by atoms with E-state index in [0.29, 0.717) is 0 Å². The number of hydrogen-bond acceptors (Lipinski definition) is 6. The highest BCUT2D eigenvalue weighted by Crippen LogP contribution is 2.19. The molecule has 1 saturated heterocycles. The molecular formula is C8H10FN3O4. The van der Waals surface area contributed by atoms with E-state index in [4.69, 9.17) is 20.3 Å². The molecule has 1 fully saturated rings. The number of aliphatic hydroxyl groups is 1. The van der Waals surface area contributed by atoms with E-state index < -0.39 is 29.8 Å². The molecule has 1 aliphatic rings. The van der Waals surface area contributed by atoms with Gasteiger partial charge in [-0.2, -0.15) is 4.98 Å². The van der Waals surface area contributed by atoms with Crippen LogP contribution in [0.1, 0.15) is 6.23 Å². The van der Waals surface area contributed by atoms with Crippen LogP contribution in [0, 0.1) is 5.82 Å². The van der Waals surface area contributed by atoms with Crippen LogP contribution in [0.15, 0.2) is 11.0 Å². The third kappa shape index (κ3) is 1.90. The van der Waals surface area contributed by atoms with Crippen molar-refractivity contribution in [3.8, 4) is 0 Å². The molecule has 1 aromatic heterocycles. The largest absolute Gasteiger partial charge is 0.391 e. The Morgan fingerprint density at radius 3 is 3.12 bits per heavy atom. The number of aromatic nitrogens is 2. The average Bonchev–Trinajstić information content (AvgIpc) is 2.71. The summed E-state index contributed by atoms with van der Waals surface area (Å²) in [7, 11) is 0. The van der Waals surface area contributed by atoms with Crippen molar-refractivity contribution in [1.82, 2.24) is 9.55 Å². The summed E-state index contributed by atoms with van der Waals surface area (Å²) in [5.74, 6) is -1.27. The standard InChI is InChI=1S/C8H10FN3O4/c9-4-1-12(8(14)11-7(4)10)5-3-15-6(2-13)16-5/h1,5-6,13H,2-3H2,(H2,10,11,14)/t5?,6-/m1/s1. The normalized spacial score (nSPS) is 24.9. The van der Waals surface area contributed by atoms with Gasteiger partial charge in [-0.25, -0.2) is 9.18 Å². The van der Waals surface area contributed by atoms with Gasteiger partial charge < -0.3 is 20.3 Å². The summed E-state index contributed by atoms with van der Waals surface area (Å²) in [6, 6.07) is 0. The van der Waals surface area contributed by atoms with Gasteiger partial charge in [-0.1, -0.05) is 0 Å². The van der Waals surface area contributed by atoms with Crippen LogP contribution in [-0.2, 0) is 9.47 Å². The van der Waals surface area contributed by atoms with Crippen molar-refractivity contribution >= 4 is 5.82 Å². The summed E-state index contributed by atoms with van der Waals surface area (Å²) < 4.78 is 24.1. The van der Waals surface area contributed by atoms with Crippen LogP contribution in [0.25, 0.3) is 0 Å². The van der Waals surface area contributed by atoms with Gasteiger partial charge in [-0.05, 0) is 0 Å². The fourth-order valence-corrected chi connectivity index (χ4v) is 1.35. The van der Waals surface area contributed by atoms with Gasteiger partial charge in [0.25, 0.3) is 0 Å². The van der Waals surface area contributed by atoms with Crippen LogP contribution in [0.5, 0.6) is 0 Å². The van der Waals surface area contributed by atoms with E-state index in [-0.39, 0.29) is 13.2 Å². The molecule has 0 saturated carbocycles. The molecule has 8 heteroatoms. The number of anilines is 1. The second-order valence-corrected chi connectivity index (χ2v) is 3.20. The van der Waals surface area contributed by atoms with Crippen LogP contribution in [-0.4, -0.2) is 34.2 Å². The van der Waals surface area contributed by atoms with E-state index in [1.807, 2.05) is 0 Å². The minimum absolute atomic E-state index is 0.0379. The summed E-state index contributed by atoms with van der Waals surface area (Å²) in [6.07, 6.45) is -0.705. The minimum Gasteiger partial charge on any atom is -0.391 e. The molecule has 0 bridgehead atoms. The quantitative estimate of drug-likeness (QED) is 0.665. The molecule has 0 radical (unpaired) electrons. The molecule has 2 rings (SSSR count). The predicted molar refractivity (Wildman–Crippen MR) is 49.8 cm³/mol. The lowest BCUT2D eigenvalue weighted by Crippen LogP contribution is -2.29. The first kappa shape index (κ1) is 11.0. The van der Waals surface area contributed by atoms with Gasteiger partial charge in [0.2, 0.25) is 0 Å². The molecular weight excluding hydrogens is 221 g/mol. The molecule has 1 aliphatic heterocycles. The lowest BCUT2D eigenvalue weighted by atomic mass is 10.5. The molecule has 2 atom stereocenters. The molecule has 0 aromatic carbocycles. The van der Waals surface area contributed by atoms with Crippen molar-refractivity contribution in [1.29, 1.82) is 0 Å². The number of hydrogen-bond donors (Lipinski definition) is 2. The smallest absolute Gasteiger partial charge is 0.351 e. The molecule has 0 aliphatic carbocycles. The van der Waals surface area contributed by atoms with Gasteiger partial charge in [0.15, 0.2) is 24.2 Å². The van der Waals surface area contributed by atoms with E-state index in [9.17, 15) is 9.18 Å². The van der Waals surface area contributed by atoms with Crippen molar-refractivity contribution < 1.29 is 19.0 Å². The van der Waals surface area contributed by atoms with Crippen molar-refractivity contribution in [2.24, 2.45) is 0 Å². The summed E-state index contributed by atoms with van der Waals surface area (Å²) >= 11 is 0. The highest BCUT2D eigenvalue weighted by atomic mass is 19.1. The fraction of sp³-hybridized carbons (Fsp3) is 0.500. The molecule has 7 nitrogen and oxygen atoms in total.